The molecule has 2 aromatic carbocycles. The summed E-state index contributed by atoms with van der Waals surface area (Å²) in [6, 6.07) is 6.73. The number of rotatable bonds is 4. The first-order valence-electron chi connectivity index (χ1n) is 7.66. The summed E-state index contributed by atoms with van der Waals surface area (Å²) in [4.78, 5) is -1.03. The van der Waals surface area contributed by atoms with E-state index in [1.54, 1.807) is 25.1 Å². The van der Waals surface area contributed by atoms with Gasteiger partial charge in [0.15, 0.2) is 0 Å². The van der Waals surface area contributed by atoms with Crippen LogP contribution >= 0.6 is 15.9 Å². The van der Waals surface area contributed by atoms with Gasteiger partial charge in [-0.3, -0.25) is 0 Å². The van der Waals surface area contributed by atoms with Crippen molar-refractivity contribution in [2.45, 2.75) is 18.2 Å². The van der Waals surface area contributed by atoms with E-state index in [-0.39, 0.29) is 5.69 Å². The van der Waals surface area contributed by atoms with Crippen LogP contribution in [0.4, 0.5) is 17.6 Å². The van der Waals surface area contributed by atoms with Crippen molar-refractivity contribution in [3.05, 3.63) is 63.8 Å². The van der Waals surface area contributed by atoms with Crippen molar-refractivity contribution in [1.82, 2.24) is 9.78 Å². The van der Waals surface area contributed by atoms with Gasteiger partial charge in [0.1, 0.15) is 22.2 Å². The van der Waals surface area contributed by atoms with E-state index in [0.29, 0.717) is 17.8 Å². The second kappa shape index (κ2) is 7.30. The summed E-state index contributed by atoms with van der Waals surface area (Å²) in [5.41, 5.74) is -0.170. The maximum Gasteiger partial charge on any atom is 0.282 e. The largest absolute Gasteiger partial charge is 0.282 e. The van der Waals surface area contributed by atoms with Crippen LogP contribution in [0.15, 0.2) is 45.8 Å². The zero-order valence-corrected chi connectivity index (χ0v) is 16.5. The molecule has 0 atom stereocenters. The van der Waals surface area contributed by atoms with Crippen LogP contribution in [0.3, 0.4) is 0 Å². The average molecular weight is 478 g/mol. The van der Waals surface area contributed by atoms with Gasteiger partial charge in [0.2, 0.25) is 10.0 Å². The monoisotopic (exact) mass is 477 g/mol. The maximum absolute atomic E-state index is 14.6. The van der Waals surface area contributed by atoms with Crippen molar-refractivity contribution in [3.8, 4) is 16.9 Å². The van der Waals surface area contributed by atoms with E-state index in [2.05, 4.69) is 21.0 Å². The highest BCUT2D eigenvalue weighted by Gasteiger charge is 2.24. The van der Waals surface area contributed by atoms with Crippen LogP contribution in [0.2, 0.25) is 0 Å². The van der Waals surface area contributed by atoms with Crippen LogP contribution in [0.25, 0.3) is 16.9 Å². The molecule has 0 bridgehead atoms. The van der Waals surface area contributed by atoms with Crippen LogP contribution in [-0.2, 0) is 10.0 Å². The van der Waals surface area contributed by atoms with Gasteiger partial charge in [-0.2, -0.15) is 5.10 Å². The normalized spacial score (nSPS) is 12.0. The van der Waals surface area contributed by atoms with Crippen molar-refractivity contribution in [2.75, 3.05) is 0 Å². The number of halogens is 5. The molecule has 3 rings (SSSR count). The highest BCUT2D eigenvalue weighted by molar-refractivity contribution is 9.10. The van der Waals surface area contributed by atoms with Crippen LogP contribution in [0.1, 0.15) is 17.7 Å². The first-order chi connectivity index (χ1) is 13.0. The lowest BCUT2D eigenvalue weighted by atomic mass is 10.1. The number of primary sulfonamides is 1. The number of aryl methyl sites for hydroxylation is 1. The van der Waals surface area contributed by atoms with Crippen molar-refractivity contribution >= 4 is 26.0 Å². The molecule has 0 amide bonds. The third-order valence-corrected chi connectivity index (χ3v) is 5.76. The summed E-state index contributed by atoms with van der Waals surface area (Å²) in [6.07, 6.45) is -2.95. The molecule has 28 heavy (non-hydrogen) atoms. The molecule has 1 aromatic heterocycles. The predicted octanol–water partition coefficient (Wildman–Crippen LogP) is 4.47. The molecule has 0 radical (unpaired) electrons. The lowest BCUT2D eigenvalue weighted by molar-refractivity contribution is 0.145. The van der Waals surface area contributed by atoms with Gasteiger partial charge in [0, 0.05) is 10.0 Å². The minimum absolute atomic E-state index is 0.172. The summed E-state index contributed by atoms with van der Waals surface area (Å²) in [7, 11) is -4.50. The number of hydrogen-bond acceptors (Lipinski definition) is 3. The summed E-state index contributed by atoms with van der Waals surface area (Å²) in [5, 5.41) is 8.64. The second-order valence-corrected chi connectivity index (χ2v) is 8.29. The summed E-state index contributed by atoms with van der Waals surface area (Å²) < 4.78 is 79.7. The van der Waals surface area contributed by atoms with Crippen LogP contribution in [0, 0.1) is 18.6 Å². The van der Waals surface area contributed by atoms with Gasteiger partial charge in [-0.25, -0.2) is 35.8 Å². The fourth-order valence-corrected chi connectivity index (χ4v) is 3.44. The number of nitrogens with zero attached hydrogens (tertiary/aromatic N) is 2. The quantitative estimate of drug-likeness (QED) is 0.563. The van der Waals surface area contributed by atoms with Crippen molar-refractivity contribution in [2.24, 2.45) is 5.14 Å². The molecule has 0 unspecified atom stereocenters. The van der Waals surface area contributed by atoms with E-state index in [0.717, 1.165) is 20.8 Å². The Morgan fingerprint density at radius 1 is 1.11 bits per heavy atom. The SMILES string of the molecule is Cc1cc(-n2nc(C(F)F)cc2-c2cc(F)c(S(N)(=O)=O)cc2F)ccc1Br. The van der Waals surface area contributed by atoms with Crippen LogP contribution < -0.4 is 5.14 Å². The van der Waals surface area contributed by atoms with E-state index in [4.69, 9.17) is 5.14 Å². The van der Waals surface area contributed by atoms with Gasteiger partial charge < -0.3 is 0 Å². The number of hydrogen-bond donors (Lipinski definition) is 1. The Bertz CT molecular complexity index is 1180. The Morgan fingerprint density at radius 3 is 2.36 bits per heavy atom. The molecule has 0 saturated heterocycles. The Hall–Kier alpha value is -2.24. The zero-order chi connectivity index (χ0) is 20.8. The number of benzene rings is 2. The van der Waals surface area contributed by atoms with E-state index in [1.165, 1.54) is 0 Å². The number of nitrogens with two attached hydrogens (primary N) is 1. The molecular weight excluding hydrogens is 466 g/mol. The standard InChI is InChI=1S/C17H12BrF4N3O2S/c1-8-4-9(2-3-11(8)18)25-15(7-14(24-25)17(21)22)10-5-13(20)16(6-12(10)19)28(23,26)27/h2-7,17H,1H3,(H2,23,26,27). The van der Waals surface area contributed by atoms with Crippen molar-refractivity contribution in [3.63, 3.8) is 0 Å². The molecule has 11 heteroatoms. The lowest BCUT2D eigenvalue weighted by Gasteiger charge is -2.11. The van der Waals surface area contributed by atoms with E-state index in [1.807, 2.05) is 0 Å². The van der Waals surface area contributed by atoms with Crippen LogP contribution in [0.5, 0.6) is 0 Å². The Labute approximate surface area is 166 Å². The van der Waals surface area contributed by atoms with Crippen molar-refractivity contribution in [1.29, 1.82) is 0 Å². The summed E-state index contributed by atoms with van der Waals surface area (Å²) >= 11 is 3.31. The molecule has 2 N–H and O–H groups in total. The van der Waals surface area contributed by atoms with Crippen molar-refractivity contribution < 1.29 is 26.0 Å². The fourth-order valence-electron chi connectivity index (χ4n) is 2.60. The zero-order valence-electron chi connectivity index (χ0n) is 14.1. The van der Waals surface area contributed by atoms with Gasteiger partial charge in [-0.15, -0.1) is 0 Å². The third kappa shape index (κ3) is 3.82. The fraction of sp³-hybridized carbons (Fsp3) is 0.118. The number of alkyl halides is 2. The van der Waals surface area contributed by atoms with Gasteiger partial charge in [-0.1, -0.05) is 15.9 Å². The highest BCUT2D eigenvalue weighted by Crippen LogP contribution is 2.32. The molecule has 0 spiro atoms. The van der Waals surface area contributed by atoms with E-state index < -0.39 is 44.2 Å². The molecule has 0 aliphatic heterocycles. The smallest absolute Gasteiger partial charge is 0.233 e. The van der Waals surface area contributed by atoms with Gasteiger partial charge in [0.05, 0.1) is 11.4 Å². The van der Waals surface area contributed by atoms with E-state index in [9.17, 15) is 26.0 Å². The Morgan fingerprint density at radius 2 is 1.79 bits per heavy atom. The van der Waals surface area contributed by atoms with Gasteiger partial charge in [0.25, 0.3) is 6.43 Å². The average Bonchev–Trinajstić information content (AvgIpc) is 3.03. The number of sulfonamides is 1. The summed E-state index contributed by atoms with van der Waals surface area (Å²) in [6.45, 7) is 1.76. The lowest BCUT2D eigenvalue weighted by Crippen LogP contribution is -2.15. The van der Waals surface area contributed by atoms with Gasteiger partial charge in [-0.05, 0) is 48.9 Å². The van der Waals surface area contributed by atoms with E-state index >= 15 is 0 Å². The molecule has 148 valence electrons. The third-order valence-electron chi connectivity index (χ3n) is 3.94. The molecule has 0 aliphatic rings. The Balaban J connectivity index is 2.27. The highest BCUT2D eigenvalue weighted by atomic mass is 79.9. The predicted molar refractivity (Wildman–Crippen MR) is 97.7 cm³/mol. The topological polar surface area (TPSA) is 78.0 Å². The van der Waals surface area contributed by atoms with Crippen LogP contribution in [-0.4, -0.2) is 18.2 Å². The molecule has 1 heterocycles. The minimum atomic E-state index is -4.50. The molecule has 3 aromatic rings. The molecule has 0 saturated carbocycles. The second-order valence-electron chi connectivity index (χ2n) is 5.91. The first-order valence-corrected chi connectivity index (χ1v) is 10.00. The summed E-state index contributed by atoms with van der Waals surface area (Å²) in [5.74, 6) is -2.46. The number of aromatic nitrogens is 2. The molecule has 0 fully saturated rings. The molecule has 5 nitrogen and oxygen atoms in total. The molecule has 0 aliphatic carbocycles. The maximum atomic E-state index is 14.6. The first kappa shape index (κ1) is 20.5. The van der Waals surface area contributed by atoms with Gasteiger partial charge >= 0.3 is 0 Å². The minimum Gasteiger partial charge on any atom is -0.233 e. The Kier molecular flexibility index (Phi) is 5.34. The molecular formula is C17H12BrF4N3O2S.